The van der Waals surface area contributed by atoms with E-state index >= 15 is 0 Å². The van der Waals surface area contributed by atoms with Crippen molar-refractivity contribution in [2.24, 2.45) is 0 Å². The van der Waals surface area contributed by atoms with Crippen LogP contribution in [0.4, 0.5) is 5.69 Å². The zero-order valence-electron chi connectivity index (χ0n) is 10.6. The predicted molar refractivity (Wildman–Crippen MR) is 78.5 cm³/mol. The summed E-state index contributed by atoms with van der Waals surface area (Å²) in [7, 11) is 0. The van der Waals surface area contributed by atoms with E-state index in [1.807, 2.05) is 19.2 Å². The summed E-state index contributed by atoms with van der Waals surface area (Å²) in [5.74, 6) is -0.264. The summed E-state index contributed by atoms with van der Waals surface area (Å²) in [5, 5.41) is 6.10. The number of hydrogen-bond acceptors (Lipinski definition) is 4. The molecule has 0 atom stereocenters. The molecule has 0 spiro atoms. The van der Waals surface area contributed by atoms with Crippen molar-refractivity contribution in [3.8, 4) is 0 Å². The molecular weight excluding hydrogens is 282 g/mol. The van der Waals surface area contributed by atoms with Crippen LogP contribution in [0.25, 0.3) is 0 Å². The number of nitrogens with zero attached hydrogens (tertiary/aromatic N) is 1. The minimum atomic E-state index is -0.556. The summed E-state index contributed by atoms with van der Waals surface area (Å²) < 4.78 is 0. The lowest BCUT2D eigenvalue weighted by Gasteiger charge is -2.24. The maximum Gasteiger partial charge on any atom is 0.254 e. The monoisotopic (exact) mass is 295 g/mol. The van der Waals surface area contributed by atoms with Crippen molar-refractivity contribution >= 4 is 34.5 Å². The van der Waals surface area contributed by atoms with E-state index in [2.05, 4.69) is 10.3 Å². The molecule has 3 N–H and O–H groups in total. The van der Waals surface area contributed by atoms with Gasteiger partial charge < -0.3 is 11.1 Å². The Labute approximate surface area is 120 Å². The average Bonchev–Trinajstić information content (AvgIpc) is 2.86. The number of aromatic nitrogens is 1. The molecule has 0 aliphatic heterocycles. The highest BCUT2D eigenvalue weighted by Gasteiger charge is 2.26. The minimum absolute atomic E-state index is 0.264. The van der Waals surface area contributed by atoms with Gasteiger partial charge in [0, 0.05) is 22.3 Å². The van der Waals surface area contributed by atoms with Crippen LogP contribution in [-0.4, -0.2) is 10.9 Å². The Bertz CT molecular complexity index is 596. The molecule has 0 saturated carbocycles. The minimum Gasteiger partial charge on any atom is -0.398 e. The Morgan fingerprint density at radius 3 is 2.84 bits per heavy atom. The quantitative estimate of drug-likeness (QED) is 0.855. The zero-order chi connectivity index (χ0) is 14.0. The van der Waals surface area contributed by atoms with E-state index in [0.29, 0.717) is 16.3 Å². The van der Waals surface area contributed by atoms with Crippen LogP contribution in [-0.2, 0) is 5.54 Å². The second-order valence-electron chi connectivity index (χ2n) is 4.65. The number of carbonyl (C=O) groups excluding carboxylic acids is 1. The molecule has 1 heterocycles. The topological polar surface area (TPSA) is 68.0 Å². The molecule has 0 bridgehead atoms. The molecule has 0 aliphatic carbocycles. The predicted octanol–water partition coefficient (Wildman–Crippen LogP) is 3.04. The largest absolute Gasteiger partial charge is 0.398 e. The molecular formula is C13H14ClN3OS. The van der Waals surface area contributed by atoms with Gasteiger partial charge in [-0.1, -0.05) is 11.6 Å². The van der Waals surface area contributed by atoms with Crippen LogP contribution in [0.1, 0.15) is 29.2 Å². The van der Waals surface area contributed by atoms with Crippen LogP contribution in [0.3, 0.4) is 0 Å². The van der Waals surface area contributed by atoms with Crippen molar-refractivity contribution < 1.29 is 4.79 Å². The van der Waals surface area contributed by atoms with E-state index in [9.17, 15) is 4.79 Å². The number of thiazole rings is 1. The van der Waals surface area contributed by atoms with Crippen LogP contribution < -0.4 is 11.1 Å². The van der Waals surface area contributed by atoms with Gasteiger partial charge in [-0.25, -0.2) is 4.98 Å². The Balaban J connectivity index is 2.24. The van der Waals surface area contributed by atoms with Crippen LogP contribution in [0, 0.1) is 0 Å². The van der Waals surface area contributed by atoms with E-state index in [-0.39, 0.29) is 5.91 Å². The SMILES string of the molecule is CC(C)(NC(=O)c1cc(Cl)ccc1N)c1nccs1. The second kappa shape index (κ2) is 5.19. The summed E-state index contributed by atoms with van der Waals surface area (Å²) >= 11 is 7.38. The lowest BCUT2D eigenvalue weighted by molar-refractivity contribution is 0.0913. The number of nitrogens with two attached hydrogens (primary N) is 1. The highest BCUT2D eigenvalue weighted by molar-refractivity contribution is 7.09. The fraction of sp³-hybridized carbons (Fsp3) is 0.231. The van der Waals surface area contributed by atoms with Crippen molar-refractivity contribution in [2.45, 2.75) is 19.4 Å². The van der Waals surface area contributed by atoms with Crippen molar-refractivity contribution in [1.29, 1.82) is 0 Å². The van der Waals surface area contributed by atoms with Gasteiger partial charge in [0.2, 0.25) is 0 Å². The number of hydrogen-bond donors (Lipinski definition) is 2. The first kappa shape index (κ1) is 13.8. The van der Waals surface area contributed by atoms with Gasteiger partial charge >= 0.3 is 0 Å². The molecule has 1 aromatic heterocycles. The number of benzene rings is 1. The smallest absolute Gasteiger partial charge is 0.254 e. The van der Waals surface area contributed by atoms with Gasteiger partial charge in [-0.2, -0.15) is 0 Å². The molecule has 1 aromatic carbocycles. The first-order valence-corrected chi connectivity index (χ1v) is 6.93. The molecule has 2 rings (SSSR count). The number of anilines is 1. The van der Waals surface area contributed by atoms with Gasteiger partial charge in [-0.15, -0.1) is 11.3 Å². The first-order valence-electron chi connectivity index (χ1n) is 5.67. The standard InChI is InChI=1S/C13H14ClN3OS/c1-13(2,12-16-5-6-19-12)17-11(18)9-7-8(14)3-4-10(9)15/h3-7H,15H2,1-2H3,(H,17,18). The molecule has 4 nitrogen and oxygen atoms in total. The van der Waals surface area contributed by atoms with Gasteiger partial charge in [-0.05, 0) is 32.0 Å². The molecule has 0 saturated heterocycles. The van der Waals surface area contributed by atoms with Crippen molar-refractivity contribution in [2.75, 3.05) is 5.73 Å². The van der Waals surface area contributed by atoms with Gasteiger partial charge in [0.1, 0.15) is 5.01 Å². The van der Waals surface area contributed by atoms with Gasteiger partial charge in [0.25, 0.3) is 5.91 Å². The average molecular weight is 296 g/mol. The summed E-state index contributed by atoms with van der Waals surface area (Å²) in [4.78, 5) is 16.5. The molecule has 0 radical (unpaired) electrons. The summed E-state index contributed by atoms with van der Waals surface area (Å²) in [6.45, 7) is 3.79. The summed E-state index contributed by atoms with van der Waals surface area (Å²) in [6.07, 6.45) is 1.71. The Kier molecular flexibility index (Phi) is 3.78. The molecule has 2 aromatic rings. The first-order chi connectivity index (χ1) is 8.90. The fourth-order valence-electron chi connectivity index (χ4n) is 1.66. The maximum atomic E-state index is 12.3. The lowest BCUT2D eigenvalue weighted by Crippen LogP contribution is -2.41. The van der Waals surface area contributed by atoms with Crippen LogP contribution in [0.2, 0.25) is 5.02 Å². The van der Waals surface area contributed by atoms with E-state index < -0.39 is 5.54 Å². The highest BCUT2D eigenvalue weighted by Crippen LogP contribution is 2.24. The van der Waals surface area contributed by atoms with E-state index in [1.54, 1.807) is 24.4 Å². The number of rotatable bonds is 3. The van der Waals surface area contributed by atoms with Crippen molar-refractivity contribution in [1.82, 2.24) is 10.3 Å². The zero-order valence-corrected chi connectivity index (χ0v) is 12.2. The molecule has 0 fully saturated rings. The molecule has 6 heteroatoms. The summed E-state index contributed by atoms with van der Waals surface area (Å²) in [6, 6.07) is 4.83. The molecule has 100 valence electrons. The number of nitrogens with one attached hydrogen (secondary N) is 1. The number of amides is 1. The third-order valence-corrected chi connectivity index (χ3v) is 3.98. The van der Waals surface area contributed by atoms with Gasteiger partial charge in [0.05, 0.1) is 11.1 Å². The van der Waals surface area contributed by atoms with Crippen molar-refractivity contribution in [3.63, 3.8) is 0 Å². The van der Waals surface area contributed by atoms with E-state index in [0.717, 1.165) is 5.01 Å². The summed E-state index contributed by atoms with van der Waals surface area (Å²) in [5.41, 5.74) is 6.01. The Hall–Kier alpha value is -1.59. The second-order valence-corrected chi connectivity index (χ2v) is 5.98. The molecule has 1 amide bonds. The fourth-order valence-corrected chi connectivity index (χ4v) is 2.55. The highest BCUT2D eigenvalue weighted by atomic mass is 35.5. The van der Waals surface area contributed by atoms with Gasteiger partial charge in [-0.3, -0.25) is 4.79 Å². The Morgan fingerprint density at radius 1 is 1.47 bits per heavy atom. The van der Waals surface area contributed by atoms with Crippen LogP contribution in [0.15, 0.2) is 29.8 Å². The number of carbonyl (C=O) groups is 1. The van der Waals surface area contributed by atoms with E-state index in [1.165, 1.54) is 11.3 Å². The number of halogens is 1. The third kappa shape index (κ3) is 3.05. The molecule has 0 unspecified atom stereocenters. The normalized spacial score (nSPS) is 11.3. The number of nitrogen functional groups attached to an aromatic ring is 1. The van der Waals surface area contributed by atoms with Crippen LogP contribution >= 0.6 is 22.9 Å². The van der Waals surface area contributed by atoms with Gasteiger partial charge in [0.15, 0.2) is 0 Å². The van der Waals surface area contributed by atoms with E-state index in [4.69, 9.17) is 17.3 Å². The maximum absolute atomic E-state index is 12.3. The van der Waals surface area contributed by atoms with Crippen molar-refractivity contribution in [3.05, 3.63) is 45.4 Å². The molecule has 0 aliphatic rings. The lowest BCUT2D eigenvalue weighted by atomic mass is 10.1. The Morgan fingerprint density at radius 2 is 2.21 bits per heavy atom. The molecule has 19 heavy (non-hydrogen) atoms. The van der Waals surface area contributed by atoms with Crippen LogP contribution in [0.5, 0.6) is 0 Å². The third-order valence-electron chi connectivity index (χ3n) is 2.65.